The Morgan fingerprint density at radius 3 is 0.643 bits per heavy atom. The zero-order valence-corrected chi connectivity index (χ0v) is 22.5. The fraction of sp³-hybridized carbons (Fsp3) is 0.0769. The first kappa shape index (κ1) is 22.8. The predicted molar refractivity (Wildman–Crippen MR) is 165 cm³/mol. The summed E-state index contributed by atoms with van der Waals surface area (Å²) < 4.78 is 0. The number of hydrogen-bond donors (Lipinski definition) is 3. The molecule has 0 unspecified atom stereocenters. The zero-order chi connectivity index (χ0) is 28.0. The number of rotatable bonds is 3. The third-order valence-electron chi connectivity index (χ3n) is 10.3. The number of benzene rings is 7. The van der Waals surface area contributed by atoms with Crippen LogP contribution in [0, 0.1) is 0 Å². The first-order valence-corrected chi connectivity index (χ1v) is 14.4. The summed E-state index contributed by atoms with van der Waals surface area (Å²) >= 11 is 0. The van der Waals surface area contributed by atoms with Crippen molar-refractivity contribution in [3.8, 4) is 0 Å². The van der Waals surface area contributed by atoms with Crippen LogP contribution >= 0.6 is 0 Å². The SMILES string of the molecule is OC1(c2ccccc2)c2ccc3c4c2c2c1ccc1c2c2c(ccc(c42)C3(O)c2ccccc2)C1(O)c1ccccc1. The topological polar surface area (TPSA) is 60.7 Å². The quantitative estimate of drug-likeness (QED) is 0.213. The second-order valence-electron chi connectivity index (χ2n) is 12.0. The molecule has 10 rings (SSSR count). The second-order valence-corrected chi connectivity index (χ2v) is 12.0. The summed E-state index contributed by atoms with van der Waals surface area (Å²) in [6, 6.07) is 41.5. The Bertz CT molecular complexity index is 1930. The average Bonchev–Trinajstić information content (AvgIpc) is 3.59. The van der Waals surface area contributed by atoms with Crippen LogP contribution < -0.4 is 0 Å². The van der Waals surface area contributed by atoms with E-state index in [4.69, 9.17) is 0 Å². The molecule has 0 saturated carbocycles. The van der Waals surface area contributed by atoms with E-state index in [9.17, 15) is 15.3 Å². The maximum atomic E-state index is 12.8. The summed E-state index contributed by atoms with van der Waals surface area (Å²) in [6.45, 7) is 0. The first-order valence-electron chi connectivity index (χ1n) is 14.4. The van der Waals surface area contributed by atoms with E-state index in [2.05, 4.69) is 0 Å². The van der Waals surface area contributed by atoms with E-state index >= 15 is 0 Å². The summed E-state index contributed by atoms with van der Waals surface area (Å²) in [5, 5.41) is 44.2. The molecule has 7 aromatic rings. The normalized spacial score (nSPS) is 24.4. The highest BCUT2D eigenvalue weighted by molar-refractivity contribution is 6.35. The lowest BCUT2D eigenvalue weighted by atomic mass is 9.81. The molecule has 0 fully saturated rings. The molecule has 0 aromatic heterocycles. The largest absolute Gasteiger partial charge is 0.376 e. The van der Waals surface area contributed by atoms with Crippen molar-refractivity contribution in [2.24, 2.45) is 0 Å². The molecule has 3 heteroatoms. The van der Waals surface area contributed by atoms with Crippen molar-refractivity contribution in [1.82, 2.24) is 0 Å². The van der Waals surface area contributed by atoms with E-state index in [-0.39, 0.29) is 0 Å². The van der Waals surface area contributed by atoms with Crippen LogP contribution in [0.1, 0.15) is 50.1 Å². The fourth-order valence-electron chi connectivity index (χ4n) is 8.58. The van der Waals surface area contributed by atoms with Gasteiger partial charge in [0.25, 0.3) is 0 Å². The highest BCUT2D eigenvalue weighted by atomic mass is 16.3. The molecule has 0 bridgehead atoms. The van der Waals surface area contributed by atoms with E-state index < -0.39 is 16.8 Å². The molecule has 3 nitrogen and oxygen atoms in total. The molecule has 42 heavy (non-hydrogen) atoms. The lowest BCUT2D eigenvalue weighted by Crippen LogP contribution is -2.28. The molecule has 3 N–H and O–H groups in total. The Kier molecular flexibility index (Phi) is 3.89. The lowest BCUT2D eigenvalue weighted by molar-refractivity contribution is 0.128. The Morgan fingerprint density at radius 2 is 0.452 bits per heavy atom. The highest BCUT2D eigenvalue weighted by Crippen LogP contribution is 2.64. The minimum Gasteiger partial charge on any atom is -0.376 e. The maximum Gasteiger partial charge on any atom is 0.141 e. The van der Waals surface area contributed by atoms with E-state index in [1.165, 1.54) is 0 Å². The van der Waals surface area contributed by atoms with Crippen molar-refractivity contribution in [3.05, 3.63) is 177 Å². The van der Waals surface area contributed by atoms with Gasteiger partial charge in [-0.1, -0.05) is 127 Å². The lowest BCUT2D eigenvalue weighted by Gasteiger charge is -2.29. The summed E-state index contributed by atoms with van der Waals surface area (Å²) in [7, 11) is 0. The van der Waals surface area contributed by atoms with Crippen molar-refractivity contribution in [2.45, 2.75) is 16.8 Å². The van der Waals surface area contributed by atoms with Crippen LogP contribution in [0.25, 0.3) is 32.3 Å². The molecule has 0 saturated heterocycles. The van der Waals surface area contributed by atoms with Crippen LogP contribution in [0.3, 0.4) is 0 Å². The molecule has 0 aliphatic heterocycles. The molecule has 0 radical (unpaired) electrons. The number of hydrogen-bond acceptors (Lipinski definition) is 3. The van der Waals surface area contributed by atoms with Gasteiger partial charge in [-0.2, -0.15) is 0 Å². The molecule has 7 aromatic carbocycles. The summed E-state index contributed by atoms with van der Waals surface area (Å²) in [4.78, 5) is 0. The van der Waals surface area contributed by atoms with Crippen molar-refractivity contribution in [2.75, 3.05) is 0 Å². The molecule has 0 atom stereocenters. The van der Waals surface area contributed by atoms with Gasteiger partial charge in [0.2, 0.25) is 0 Å². The van der Waals surface area contributed by atoms with Gasteiger partial charge < -0.3 is 15.3 Å². The zero-order valence-electron chi connectivity index (χ0n) is 22.5. The van der Waals surface area contributed by atoms with Crippen LogP contribution in [-0.2, 0) is 16.8 Å². The minimum atomic E-state index is -1.38. The molecule has 0 spiro atoms. The van der Waals surface area contributed by atoms with Gasteiger partial charge in [-0.05, 0) is 49.0 Å². The monoisotopic (exact) mass is 540 g/mol. The molecule has 198 valence electrons. The van der Waals surface area contributed by atoms with E-state index in [1.54, 1.807) is 0 Å². The minimum absolute atomic E-state index is 0.795. The Labute approximate surface area is 241 Å². The summed E-state index contributed by atoms with van der Waals surface area (Å²) in [5.74, 6) is 0. The summed E-state index contributed by atoms with van der Waals surface area (Å²) in [6.07, 6.45) is 0. The first-order chi connectivity index (χ1) is 20.5. The maximum absolute atomic E-state index is 12.8. The highest BCUT2D eigenvalue weighted by Gasteiger charge is 2.52. The van der Waals surface area contributed by atoms with Gasteiger partial charge in [-0.25, -0.2) is 0 Å². The predicted octanol–water partition coefficient (Wildman–Crippen LogP) is 6.94. The van der Waals surface area contributed by atoms with Gasteiger partial charge in [0.05, 0.1) is 0 Å². The smallest absolute Gasteiger partial charge is 0.141 e. The van der Waals surface area contributed by atoms with Gasteiger partial charge in [-0.15, -0.1) is 0 Å². The molecule has 3 aliphatic carbocycles. The molecule has 3 aliphatic rings. The Hall–Kier alpha value is -4.80. The standard InChI is InChI=1S/C39H24O3/c40-37(22-10-4-1-5-11-22)25-16-18-27-33-31(25)32-26(37)17-19-28-34(32)36-30(39(28,42)24-14-8-3-9-15-24)21-20-29(35(33)36)38(27,41)23-12-6-2-7-13-23/h1-21,40-42H. The molecule has 0 amide bonds. The molecular weight excluding hydrogens is 516 g/mol. The summed E-state index contributed by atoms with van der Waals surface area (Å²) in [5.41, 5.74) is 3.12. The van der Waals surface area contributed by atoms with Gasteiger partial charge in [0, 0.05) is 33.4 Å². The Morgan fingerprint density at radius 1 is 0.262 bits per heavy atom. The van der Waals surface area contributed by atoms with Gasteiger partial charge >= 0.3 is 0 Å². The third kappa shape index (κ3) is 2.22. The van der Waals surface area contributed by atoms with Crippen LogP contribution in [0.5, 0.6) is 0 Å². The number of aliphatic hydroxyl groups is 3. The van der Waals surface area contributed by atoms with Crippen molar-refractivity contribution < 1.29 is 15.3 Å². The average molecular weight is 541 g/mol. The van der Waals surface area contributed by atoms with Crippen LogP contribution in [0.4, 0.5) is 0 Å². The van der Waals surface area contributed by atoms with Gasteiger partial charge in [-0.3, -0.25) is 0 Å². The molecule has 0 heterocycles. The van der Waals surface area contributed by atoms with E-state index in [0.717, 1.165) is 82.4 Å². The van der Waals surface area contributed by atoms with Gasteiger partial charge in [0.15, 0.2) is 0 Å². The van der Waals surface area contributed by atoms with E-state index in [0.29, 0.717) is 0 Å². The van der Waals surface area contributed by atoms with Crippen LogP contribution in [-0.4, -0.2) is 15.3 Å². The third-order valence-corrected chi connectivity index (χ3v) is 10.3. The fourth-order valence-corrected chi connectivity index (χ4v) is 8.58. The second kappa shape index (κ2) is 7.15. The molecular formula is C39H24O3. The van der Waals surface area contributed by atoms with Crippen molar-refractivity contribution >= 4 is 32.3 Å². The Balaban J connectivity index is 1.47. The van der Waals surface area contributed by atoms with Crippen LogP contribution in [0.15, 0.2) is 127 Å². The van der Waals surface area contributed by atoms with E-state index in [1.807, 2.05) is 127 Å². The van der Waals surface area contributed by atoms with Crippen molar-refractivity contribution in [3.63, 3.8) is 0 Å². The van der Waals surface area contributed by atoms with Crippen molar-refractivity contribution in [1.29, 1.82) is 0 Å². The van der Waals surface area contributed by atoms with Gasteiger partial charge in [0.1, 0.15) is 16.8 Å². The van der Waals surface area contributed by atoms with Crippen LogP contribution in [0.2, 0.25) is 0 Å².